The maximum Gasteiger partial charge on any atom is 0.236 e. The Morgan fingerprint density at radius 2 is 1.82 bits per heavy atom. The summed E-state index contributed by atoms with van der Waals surface area (Å²) in [7, 11) is 0. The van der Waals surface area contributed by atoms with Crippen molar-refractivity contribution in [3.8, 4) is 0 Å². The van der Waals surface area contributed by atoms with Gasteiger partial charge in [0.05, 0.1) is 5.92 Å². The Bertz CT molecular complexity index is 721. The van der Waals surface area contributed by atoms with Gasteiger partial charge >= 0.3 is 0 Å². The van der Waals surface area contributed by atoms with Crippen molar-refractivity contribution >= 4 is 27.5 Å². The van der Waals surface area contributed by atoms with Crippen LogP contribution < -0.4 is 4.90 Å². The minimum Gasteiger partial charge on any atom is -0.373 e. The Labute approximate surface area is 134 Å². The van der Waals surface area contributed by atoms with Crippen molar-refractivity contribution in [1.82, 2.24) is 0 Å². The van der Waals surface area contributed by atoms with Crippen molar-refractivity contribution in [2.75, 3.05) is 4.90 Å². The monoisotopic (exact) mass is 367 g/mol. The highest BCUT2D eigenvalue weighted by molar-refractivity contribution is 9.10. The fraction of sp³-hybridized carbons (Fsp3) is 0.188. The molecule has 22 heavy (non-hydrogen) atoms. The van der Waals surface area contributed by atoms with Gasteiger partial charge in [-0.25, -0.2) is 8.78 Å². The standard InChI is InChI=1S/C16H12BrF2NO2/c17-9-4-6-10(7-5-9)20-14(21)8-12(16(20)22)11-2-1-3-13(18)15(11)19/h1-7,12,14,21H,8H2. The van der Waals surface area contributed by atoms with Crippen LogP contribution in [0.4, 0.5) is 14.5 Å². The minimum atomic E-state index is -1.07. The molecule has 0 bridgehead atoms. The third kappa shape index (κ3) is 2.53. The molecule has 1 aliphatic heterocycles. The quantitative estimate of drug-likeness (QED) is 0.881. The first-order chi connectivity index (χ1) is 10.5. The van der Waals surface area contributed by atoms with Crippen LogP contribution in [-0.2, 0) is 4.79 Å². The SMILES string of the molecule is O=C1C(c2cccc(F)c2F)CC(O)N1c1ccc(Br)cc1. The zero-order valence-corrected chi connectivity index (χ0v) is 12.9. The molecule has 6 heteroatoms. The Hall–Kier alpha value is -1.79. The fourth-order valence-corrected chi connectivity index (χ4v) is 2.95. The highest BCUT2D eigenvalue weighted by atomic mass is 79.9. The number of anilines is 1. The lowest BCUT2D eigenvalue weighted by Gasteiger charge is -2.20. The van der Waals surface area contributed by atoms with Gasteiger partial charge in [0.1, 0.15) is 6.23 Å². The van der Waals surface area contributed by atoms with Gasteiger partial charge in [0.15, 0.2) is 11.6 Å². The van der Waals surface area contributed by atoms with Crippen molar-refractivity contribution in [1.29, 1.82) is 0 Å². The predicted octanol–water partition coefficient (Wildman–Crippen LogP) is 3.57. The predicted molar refractivity (Wildman–Crippen MR) is 81.4 cm³/mol. The number of benzene rings is 2. The number of halogens is 3. The third-order valence-corrected chi connectivity index (χ3v) is 4.27. The van der Waals surface area contributed by atoms with Gasteiger partial charge in [-0.2, -0.15) is 0 Å². The highest BCUT2D eigenvalue weighted by Crippen LogP contribution is 2.37. The summed E-state index contributed by atoms with van der Waals surface area (Å²) < 4.78 is 28.1. The lowest BCUT2D eigenvalue weighted by molar-refractivity contribution is -0.118. The fourth-order valence-electron chi connectivity index (χ4n) is 2.68. The Kier molecular flexibility index (Phi) is 3.97. The van der Waals surface area contributed by atoms with Gasteiger partial charge in [0.25, 0.3) is 0 Å². The van der Waals surface area contributed by atoms with Crippen LogP contribution in [0, 0.1) is 11.6 Å². The second kappa shape index (κ2) is 5.78. The van der Waals surface area contributed by atoms with Gasteiger partial charge < -0.3 is 5.11 Å². The summed E-state index contributed by atoms with van der Waals surface area (Å²) >= 11 is 3.29. The maximum absolute atomic E-state index is 13.9. The van der Waals surface area contributed by atoms with E-state index in [0.29, 0.717) is 5.69 Å². The molecule has 2 aromatic carbocycles. The molecule has 2 atom stereocenters. The molecule has 3 nitrogen and oxygen atoms in total. The number of carbonyl (C=O) groups excluding carboxylic acids is 1. The molecule has 3 rings (SSSR count). The van der Waals surface area contributed by atoms with Crippen molar-refractivity contribution in [2.45, 2.75) is 18.6 Å². The topological polar surface area (TPSA) is 40.5 Å². The van der Waals surface area contributed by atoms with E-state index in [1.165, 1.54) is 17.0 Å². The first-order valence-electron chi connectivity index (χ1n) is 6.69. The van der Waals surface area contributed by atoms with Crippen LogP contribution in [0.15, 0.2) is 46.9 Å². The summed E-state index contributed by atoms with van der Waals surface area (Å²) in [6, 6.07) is 10.6. The van der Waals surface area contributed by atoms with Crippen LogP contribution in [0.2, 0.25) is 0 Å². The molecule has 0 aliphatic carbocycles. The van der Waals surface area contributed by atoms with Crippen LogP contribution in [0.25, 0.3) is 0 Å². The summed E-state index contributed by atoms with van der Waals surface area (Å²) in [6.07, 6.45) is -1.05. The molecule has 1 heterocycles. The minimum absolute atomic E-state index is 0.0231. The van der Waals surface area contributed by atoms with Crippen LogP contribution in [0.3, 0.4) is 0 Å². The third-order valence-electron chi connectivity index (χ3n) is 3.74. The van der Waals surface area contributed by atoms with Gasteiger partial charge in [0.2, 0.25) is 5.91 Å². The molecule has 0 aromatic heterocycles. The summed E-state index contributed by atoms with van der Waals surface area (Å²) in [4.78, 5) is 13.7. The molecule has 0 saturated carbocycles. The number of hydrogen-bond acceptors (Lipinski definition) is 2. The second-order valence-electron chi connectivity index (χ2n) is 5.10. The average molecular weight is 368 g/mol. The Morgan fingerprint density at radius 1 is 1.14 bits per heavy atom. The normalized spacial score (nSPS) is 21.5. The van der Waals surface area contributed by atoms with Crippen molar-refractivity contribution in [2.24, 2.45) is 0 Å². The molecule has 1 aliphatic rings. The molecule has 1 amide bonds. The molecule has 0 spiro atoms. The van der Waals surface area contributed by atoms with Gasteiger partial charge in [-0.15, -0.1) is 0 Å². The van der Waals surface area contributed by atoms with E-state index in [-0.39, 0.29) is 12.0 Å². The highest BCUT2D eigenvalue weighted by Gasteiger charge is 2.41. The Balaban J connectivity index is 1.96. The van der Waals surface area contributed by atoms with E-state index in [9.17, 15) is 18.7 Å². The molecule has 2 aromatic rings. The molecule has 1 fully saturated rings. The first-order valence-corrected chi connectivity index (χ1v) is 7.49. The molecular formula is C16H12BrF2NO2. The van der Waals surface area contributed by atoms with Crippen molar-refractivity contribution in [3.05, 3.63) is 64.1 Å². The number of nitrogens with zero attached hydrogens (tertiary/aromatic N) is 1. The average Bonchev–Trinajstić information content (AvgIpc) is 2.78. The summed E-state index contributed by atoms with van der Waals surface area (Å²) in [5, 5.41) is 10.2. The zero-order chi connectivity index (χ0) is 15.9. The van der Waals surface area contributed by atoms with Gasteiger partial charge in [-0.3, -0.25) is 9.69 Å². The van der Waals surface area contributed by atoms with Crippen LogP contribution in [0.1, 0.15) is 17.9 Å². The molecular weight excluding hydrogens is 356 g/mol. The summed E-state index contributed by atoms with van der Waals surface area (Å²) in [6.45, 7) is 0. The number of aliphatic hydroxyl groups is 1. The molecule has 1 N–H and O–H groups in total. The molecule has 2 unspecified atom stereocenters. The van der Waals surface area contributed by atoms with Crippen LogP contribution >= 0.6 is 15.9 Å². The lowest BCUT2D eigenvalue weighted by atomic mass is 9.96. The van der Waals surface area contributed by atoms with Crippen LogP contribution in [0.5, 0.6) is 0 Å². The van der Waals surface area contributed by atoms with Gasteiger partial charge in [-0.05, 0) is 30.3 Å². The van der Waals surface area contributed by atoms with E-state index >= 15 is 0 Å². The Morgan fingerprint density at radius 3 is 2.50 bits per heavy atom. The summed E-state index contributed by atoms with van der Waals surface area (Å²) in [5.74, 6) is -3.37. The van der Waals surface area contributed by atoms with Crippen LogP contribution in [-0.4, -0.2) is 17.2 Å². The lowest BCUT2D eigenvalue weighted by Crippen LogP contribution is -2.33. The van der Waals surface area contributed by atoms with E-state index in [2.05, 4.69) is 15.9 Å². The number of amides is 1. The van der Waals surface area contributed by atoms with E-state index < -0.39 is 29.7 Å². The number of aliphatic hydroxyl groups excluding tert-OH is 1. The summed E-state index contributed by atoms with van der Waals surface area (Å²) in [5.41, 5.74) is 0.490. The number of rotatable bonds is 2. The van der Waals surface area contributed by atoms with Crippen molar-refractivity contribution < 1.29 is 18.7 Å². The molecule has 1 saturated heterocycles. The second-order valence-corrected chi connectivity index (χ2v) is 6.01. The van der Waals surface area contributed by atoms with E-state index in [4.69, 9.17) is 0 Å². The zero-order valence-electron chi connectivity index (χ0n) is 11.3. The van der Waals surface area contributed by atoms with E-state index in [1.807, 2.05) is 0 Å². The van der Waals surface area contributed by atoms with Crippen molar-refractivity contribution in [3.63, 3.8) is 0 Å². The van der Waals surface area contributed by atoms with E-state index in [0.717, 1.165) is 10.5 Å². The molecule has 0 radical (unpaired) electrons. The first kappa shape index (κ1) is 15.1. The largest absolute Gasteiger partial charge is 0.373 e. The van der Waals surface area contributed by atoms with Gasteiger partial charge in [0, 0.05) is 22.1 Å². The number of hydrogen-bond donors (Lipinski definition) is 1. The smallest absolute Gasteiger partial charge is 0.236 e. The maximum atomic E-state index is 13.9. The molecule has 114 valence electrons. The number of carbonyl (C=O) groups is 1. The van der Waals surface area contributed by atoms with Gasteiger partial charge in [-0.1, -0.05) is 28.1 Å². The van der Waals surface area contributed by atoms with E-state index in [1.54, 1.807) is 24.3 Å².